The van der Waals surface area contributed by atoms with Crippen LogP contribution in [0.4, 0.5) is 0 Å². The molecule has 5 heteroatoms. The van der Waals surface area contributed by atoms with Crippen LogP contribution in [0, 0.1) is 11.3 Å². The molecule has 1 N–H and O–H groups in total. The summed E-state index contributed by atoms with van der Waals surface area (Å²) < 4.78 is 11.3. The second-order valence-corrected chi connectivity index (χ2v) is 6.86. The number of thioether (sulfide) groups is 1. The molecule has 112 valence electrons. The van der Waals surface area contributed by atoms with E-state index in [-0.39, 0.29) is 0 Å². The second-order valence-electron chi connectivity index (χ2n) is 5.81. The molecule has 3 rings (SSSR count). The molecular formula is C16H20N2O2S. The fraction of sp³-hybridized carbons (Fsp3) is 0.562. The van der Waals surface area contributed by atoms with Gasteiger partial charge in [0.05, 0.1) is 19.3 Å². The summed E-state index contributed by atoms with van der Waals surface area (Å²) in [6.07, 6.45) is 3.28. The van der Waals surface area contributed by atoms with Crippen molar-refractivity contribution < 1.29 is 9.47 Å². The predicted octanol–water partition coefficient (Wildman–Crippen LogP) is 2.97. The standard InChI is InChI=1S/C16H20N2O2S/c1-16(10-17,18-12-3-4-12)11-21-13-5-6-14-15(9-13)20-8-2-7-19-14/h5-6,9,12,18H,2-4,7-8,11H2,1H3. The topological polar surface area (TPSA) is 54.3 Å². The van der Waals surface area contributed by atoms with E-state index in [0.29, 0.717) is 19.3 Å². The highest BCUT2D eigenvalue weighted by atomic mass is 32.2. The monoisotopic (exact) mass is 304 g/mol. The van der Waals surface area contributed by atoms with Gasteiger partial charge in [-0.25, -0.2) is 0 Å². The Hall–Kier alpha value is -1.38. The summed E-state index contributed by atoms with van der Waals surface area (Å²) in [5.74, 6) is 2.35. The van der Waals surface area contributed by atoms with Crippen LogP contribution < -0.4 is 14.8 Å². The van der Waals surface area contributed by atoms with Gasteiger partial charge in [-0.15, -0.1) is 11.8 Å². The highest BCUT2D eigenvalue weighted by Gasteiger charge is 2.32. The summed E-state index contributed by atoms with van der Waals surface area (Å²) in [5, 5.41) is 12.8. The highest BCUT2D eigenvalue weighted by Crippen LogP contribution is 2.35. The van der Waals surface area contributed by atoms with Crippen LogP contribution in [-0.2, 0) is 0 Å². The van der Waals surface area contributed by atoms with Crippen molar-refractivity contribution in [2.24, 2.45) is 0 Å². The molecule has 0 bridgehead atoms. The van der Waals surface area contributed by atoms with Crippen LogP contribution in [0.1, 0.15) is 26.2 Å². The predicted molar refractivity (Wildman–Crippen MR) is 82.9 cm³/mol. The van der Waals surface area contributed by atoms with Gasteiger partial charge in [0.2, 0.25) is 0 Å². The number of benzene rings is 1. The molecule has 0 amide bonds. The Morgan fingerprint density at radius 2 is 2.10 bits per heavy atom. The maximum atomic E-state index is 9.40. The van der Waals surface area contributed by atoms with Crippen LogP contribution in [0.5, 0.6) is 11.5 Å². The van der Waals surface area contributed by atoms with E-state index >= 15 is 0 Å². The first-order chi connectivity index (χ1) is 10.2. The van der Waals surface area contributed by atoms with Crippen molar-refractivity contribution in [3.05, 3.63) is 18.2 Å². The van der Waals surface area contributed by atoms with Gasteiger partial charge in [-0.2, -0.15) is 5.26 Å². The summed E-state index contributed by atoms with van der Waals surface area (Å²) in [5.41, 5.74) is -0.476. The van der Waals surface area contributed by atoms with Crippen LogP contribution >= 0.6 is 11.8 Å². The minimum absolute atomic E-state index is 0.476. The average Bonchev–Trinajstić information content (AvgIpc) is 3.31. The number of hydrogen-bond donors (Lipinski definition) is 1. The van der Waals surface area contributed by atoms with E-state index in [9.17, 15) is 5.26 Å². The molecule has 0 spiro atoms. The molecular weight excluding hydrogens is 284 g/mol. The fourth-order valence-corrected chi connectivity index (χ4v) is 3.20. The van der Waals surface area contributed by atoms with Gasteiger partial charge in [0.15, 0.2) is 11.5 Å². The van der Waals surface area contributed by atoms with Crippen molar-refractivity contribution in [2.75, 3.05) is 19.0 Å². The Kier molecular flexibility index (Phi) is 4.27. The molecule has 0 aromatic heterocycles. The summed E-state index contributed by atoms with van der Waals surface area (Å²) in [6, 6.07) is 8.94. The number of nitrogens with zero attached hydrogens (tertiary/aromatic N) is 1. The first kappa shape index (κ1) is 14.6. The number of ether oxygens (including phenoxy) is 2. The number of fused-ring (bicyclic) bond motifs is 1. The van der Waals surface area contributed by atoms with Crippen molar-refractivity contribution in [1.82, 2.24) is 5.32 Å². The zero-order valence-electron chi connectivity index (χ0n) is 12.2. The number of nitrogens with one attached hydrogen (secondary N) is 1. The van der Waals surface area contributed by atoms with Crippen molar-refractivity contribution in [3.63, 3.8) is 0 Å². The summed E-state index contributed by atoms with van der Waals surface area (Å²) >= 11 is 1.68. The van der Waals surface area contributed by atoms with Crippen LogP contribution in [-0.4, -0.2) is 30.5 Å². The second kappa shape index (κ2) is 6.17. The Balaban J connectivity index is 1.64. The Morgan fingerprint density at radius 3 is 2.81 bits per heavy atom. The number of hydrogen-bond acceptors (Lipinski definition) is 5. The molecule has 2 aliphatic rings. The van der Waals surface area contributed by atoms with E-state index in [1.54, 1.807) is 11.8 Å². The lowest BCUT2D eigenvalue weighted by Crippen LogP contribution is -2.44. The summed E-state index contributed by atoms with van der Waals surface area (Å²) in [4.78, 5) is 1.11. The van der Waals surface area contributed by atoms with Crippen molar-refractivity contribution >= 4 is 11.8 Å². The lowest BCUT2D eigenvalue weighted by Gasteiger charge is -2.22. The Bertz CT molecular complexity index is 554. The fourth-order valence-electron chi connectivity index (χ4n) is 2.25. The minimum atomic E-state index is -0.476. The molecule has 1 heterocycles. The maximum Gasteiger partial charge on any atom is 0.162 e. The van der Waals surface area contributed by atoms with E-state index in [4.69, 9.17) is 9.47 Å². The van der Waals surface area contributed by atoms with Gasteiger partial charge in [-0.3, -0.25) is 5.32 Å². The third-order valence-electron chi connectivity index (χ3n) is 3.59. The molecule has 21 heavy (non-hydrogen) atoms. The molecule has 1 atom stereocenters. The van der Waals surface area contributed by atoms with Crippen molar-refractivity contribution in [1.29, 1.82) is 5.26 Å². The zero-order valence-corrected chi connectivity index (χ0v) is 13.0. The van der Waals surface area contributed by atoms with Gasteiger partial charge in [0, 0.05) is 23.1 Å². The average molecular weight is 304 g/mol. The van der Waals surface area contributed by atoms with Crippen LogP contribution in [0.2, 0.25) is 0 Å². The lowest BCUT2D eigenvalue weighted by molar-refractivity contribution is 0.297. The molecule has 1 aliphatic carbocycles. The molecule has 0 saturated heterocycles. The van der Waals surface area contributed by atoms with Crippen LogP contribution in [0.25, 0.3) is 0 Å². The maximum absolute atomic E-state index is 9.40. The molecule has 1 aromatic rings. The van der Waals surface area contributed by atoms with Crippen molar-refractivity contribution in [3.8, 4) is 17.6 Å². The van der Waals surface area contributed by atoms with E-state index in [2.05, 4.69) is 11.4 Å². The number of rotatable bonds is 5. The third-order valence-corrected chi connectivity index (χ3v) is 4.90. The molecule has 1 saturated carbocycles. The van der Waals surface area contributed by atoms with Gasteiger partial charge in [-0.05, 0) is 38.0 Å². The van der Waals surface area contributed by atoms with Crippen molar-refractivity contribution in [2.45, 2.75) is 42.7 Å². The molecule has 1 unspecified atom stereocenters. The quantitative estimate of drug-likeness (QED) is 0.848. The van der Waals surface area contributed by atoms with Crippen LogP contribution in [0.15, 0.2) is 23.1 Å². The van der Waals surface area contributed by atoms with Gasteiger partial charge in [-0.1, -0.05) is 0 Å². The Morgan fingerprint density at radius 1 is 1.33 bits per heavy atom. The van der Waals surface area contributed by atoms with Gasteiger partial charge >= 0.3 is 0 Å². The molecule has 1 fully saturated rings. The lowest BCUT2D eigenvalue weighted by atomic mass is 10.1. The number of nitriles is 1. The van der Waals surface area contributed by atoms with Gasteiger partial charge in [0.1, 0.15) is 5.54 Å². The first-order valence-corrected chi connectivity index (χ1v) is 8.38. The van der Waals surface area contributed by atoms with E-state index in [0.717, 1.165) is 28.6 Å². The first-order valence-electron chi connectivity index (χ1n) is 7.40. The van der Waals surface area contributed by atoms with E-state index < -0.39 is 5.54 Å². The normalized spacial score (nSPS) is 20.2. The molecule has 4 nitrogen and oxygen atoms in total. The van der Waals surface area contributed by atoms with Crippen LogP contribution in [0.3, 0.4) is 0 Å². The molecule has 0 radical (unpaired) electrons. The summed E-state index contributed by atoms with van der Waals surface area (Å²) in [7, 11) is 0. The van der Waals surface area contributed by atoms with Gasteiger partial charge < -0.3 is 9.47 Å². The highest BCUT2D eigenvalue weighted by molar-refractivity contribution is 7.99. The smallest absolute Gasteiger partial charge is 0.162 e. The van der Waals surface area contributed by atoms with E-state index in [1.807, 2.05) is 25.1 Å². The molecule has 1 aromatic carbocycles. The zero-order chi connectivity index (χ0) is 14.7. The summed E-state index contributed by atoms with van der Waals surface area (Å²) in [6.45, 7) is 3.37. The van der Waals surface area contributed by atoms with Gasteiger partial charge in [0.25, 0.3) is 0 Å². The largest absolute Gasteiger partial charge is 0.490 e. The molecule has 1 aliphatic heterocycles. The Labute approximate surface area is 129 Å². The SMILES string of the molecule is CC(C#N)(CSc1ccc2c(c1)OCCCO2)NC1CC1. The minimum Gasteiger partial charge on any atom is -0.490 e. The van der Waals surface area contributed by atoms with E-state index in [1.165, 1.54) is 12.8 Å². The third kappa shape index (κ3) is 3.84.